The van der Waals surface area contributed by atoms with E-state index in [1.807, 2.05) is 19.9 Å². The van der Waals surface area contributed by atoms with Crippen LogP contribution < -0.4 is 21.3 Å². The van der Waals surface area contributed by atoms with Crippen LogP contribution in [0.15, 0.2) is 33.9 Å². The molecular weight excluding hydrogens is 408 g/mol. The number of carbonyl (C=O) groups is 1. The molecule has 0 aliphatic heterocycles. The fraction of sp³-hybridized carbons (Fsp3) is 0.417. The largest absolute Gasteiger partial charge is 0.492 e. The van der Waals surface area contributed by atoms with Crippen molar-refractivity contribution in [2.45, 2.75) is 52.5 Å². The fourth-order valence-corrected chi connectivity index (χ4v) is 4.13. The summed E-state index contributed by atoms with van der Waals surface area (Å²) in [6, 6.07) is 7.76. The van der Waals surface area contributed by atoms with Gasteiger partial charge in [-0.3, -0.25) is 19.1 Å². The lowest BCUT2D eigenvalue weighted by Crippen LogP contribution is -2.34. The van der Waals surface area contributed by atoms with Crippen molar-refractivity contribution in [3.8, 4) is 5.75 Å². The van der Waals surface area contributed by atoms with Gasteiger partial charge in [0.25, 0.3) is 11.5 Å². The zero-order chi connectivity index (χ0) is 22.8. The van der Waals surface area contributed by atoms with E-state index >= 15 is 0 Å². The van der Waals surface area contributed by atoms with Crippen LogP contribution in [0, 0.1) is 0 Å². The molecule has 1 aliphatic carbocycles. The molecule has 168 valence electrons. The van der Waals surface area contributed by atoms with Crippen molar-refractivity contribution in [2.75, 3.05) is 13.2 Å². The number of carbonyl (C=O) groups excluding carboxylic acids is 1. The number of fused-ring (bicyclic) bond motifs is 2. The van der Waals surface area contributed by atoms with E-state index in [2.05, 4.69) is 27.4 Å². The van der Waals surface area contributed by atoms with Crippen LogP contribution >= 0.6 is 0 Å². The summed E-state index contributed by atoms with van der Waals surface area (Å²) in [5.41, 5.74) is 2.64. The summed E-state index contributed by atoms with van der Waals surface area (Å²) < 4.78 is 7.17. The Bertz CT molecular complexity index is 1290. The fourth-order valence-electron chi connectivity index (χ4n) is 4.13. The van der Waals surface area contributed by atoms with Gasteiger partial charge in [0.1, 0.15) is 12.4 Å². The van der Waals surface area contributed by atoms with Crippen molar-refractivity contribution in [3.63, 3.8) is 0 Å². The maximum Gasteiger partial charge on any atom is 0.329 e. The second-order valence-electron chi connectivity index (χ2n) is 8.34. The maximum absolute atomic E-state index is 13.0. The van der Waals surface area contributed by atoms with Crippen LogP contribution in [0.3, 0.4) is 0 Å². The van der Waals surface area contributed by atoms with Gasteiger partial charge in [-0.05, 0) is 61.4 Å². The molecule has 8 nitrogen and oxygen atoms in total. The van der Waals surface area contributed by atoms with Gasteiger partial charge in [0.15, 0.2) is 5.65 Å². The van der Waals surface area contributed by atoms with Gasteiger partial charge in [-0.1, -0.05) is 19.9 Å². The number of nitrogens with zero attached hydrogens (tertiary/aromatic N) is 2. The standard InChI is InChI=1S/C24H28N4O4/c1-4-28-21-20(23(30)27-24(28)31)18(13-19(26-21)14(2)3)22(29)25-10-11-32-17-9-8-15-6-5-7-16(15)12-17/h8-9,12-14H,4-7,10-11H2,1-3H3,(H,25,29)(H,27,30,31). The third-order valence-corrected chi connectivity index (χ3v) is 5.85. The molecule has 0 saturated carbocycles. The number of aromatic amines is 1. The monoisotopic (exact) mass is 436 g/mol. The van der Waals surface area contributed by atoms with Crippen molar-refractivity contribution >= 4 is 16.9 Å². The van der Waals surface area contributed by atoms with Crippen molar-refractivity contribution < 1.29 is 9.53 Å². The Hall–Kier alpha value is -3.42. The Morgan fingerprint density at radius 3 is 2.75 bits per heavy atom. The summed E-state index contributed by atoms with van der Waals surface area (Å²) in [7, 11) is 0. The smallest absolute Gasteiger partial charge is 0.329 e. The SMILES string of the molecule is CCn1c(=O)[nH]c(=O)c2c(C(=O)NCCOc3ccc4c(c3)CCC4)cc(C(C)C)nc21. The molecule has 2 N–H and O–H groups in total. The number of benzene rings is 1. The predicted octanol–water partition coefficient (Wildman–Crippen LogP) is 2.53. The summed E-state index contributed by atoms with van der Waals surface area (Å²) in [6.45, 7) is 6.60. The summed E-state index contributed by atoms with van der Waals surface area (Å²) >= 11 is 0. The molecule has 0 fully saturated rings. The van der Waals surface area contributed by atoms with Gasteiger partial charge in [0.2, 0.25) is 0 Å². The zero-order valence-corrected chi connectivity index (χ0v) is 18.7. The van der Waals surface area contributed by atoms with Gasteiger partial charge in [-0.25, -0.2) is 9.78 Å². The zero-order valence-electron chi connectivity index (χ0n) is 18.7. The average Bonchev–Trinajstić information content (AvgIpc) is 3.23. The van der Waals surface area contributed by atoms with Crippen molar-refractivity contribution in [2.24, 2.45) is 0 Å². The Morgan fingerprint density at radius 2 is 2.00 bits per heavy atom. The van der Waals surface area contributed by atoms with Crippen LogP contribution in [-0.4, -0.2) is 33.6 Å². The topological polar surface area (TPSA) is 106 Å². The Balaban J connectivity index is 1.55. The number of aryl methyl sites for hydroxylation is 3. The minimum absolute atomic E-state index is 0.0220. The minimum atomic E-state index is -0.614. The van der Waals surface area contributed by atoms with Crippen LogP contribution in [0.4, 0.5) is 0 Å². The molecule has 0 bridgehead atoms. The number of nitrogens with one attached hydrogen (secondary N) is 2. The lowest BCUT2D eigenvalue weighted by molar-refractivity contribution is 0.0948. The lowest BCUT2D eigenvalue weighted by atomic mass is 10.0. The molecule has 2 heterocycles. The van der Waals surface area contributed by atoms with E-state index in [1.54, 1.807) is 13.0 Å². The van der Waals surface area contributed by atoms with E-state index in [1.165, 1.54) is 22.1 Å². The number of amides is 1. The Morgan fingerprint density at radius 1 is 1.22 bits per heavy atom. The van der Waals surface area contributed by atoms with Gasteiger partial charge in [-0.2, -0.15) is 0 Å². The van der Waals surface area contributed by atoms with E-state index in [-0.39, 0.29) is 29.1 Å². The van der Waals surface area contributed by atoms with Crippen LogP contribution in [0.5, 0.6) is 5.75 Å². The van der Waals surface area contributed by atoms with Crippen molar-refractivity contribution in [1.29, 1.82) is 0 Å². The molecule has 3 aromatic rings. The normalized spacial score (nSPS) is 12.9. The molecular formula is C24H28N4O4. The highest BCUT2D eigenvalue weighted by molar-refractivity contribution is 6.05. The maximum atomic E-state index is 13.0. The number of pyridine rings is 1. The van der Waals surface area contributed by atoms with Crippen LogP contribution in [-0.2, 0) is 19.4 Å². The number of hydrogen-bond acceptors (Lipinski definition) is 5. The molecule has 32 heavy (non-hydrogen) atoms. The van der Waals surface area contributed by atoms with Gasteiger partial charge < -0.3 is 10.1 Å². The highest BCUT2D eigenvalue weighted by Crippen LogP contribution is 2.26. The molecule has 0 radical (unpaired) electrons. The third-order valence-electron chi connectivity index (χ3n) is 5.85. The summed E-state index contributed by atoms with van der Waals surface area (Å²) in [5.74, 6) is 0.414. The van der Waals surface area contributed by atoms with Crippen LogP contribution in [0.25, 0.3) is 11.0 Å². The molecule has 1 aromatic carbocycles. The molecule has 8 heteroatoms. The highest BCUT2D eigenvalue weighted by atomic mass is 16.5. The van der Waals surface area contributed by atoms with E-state index in [0.717, 1.165) is 18.6 Å². The van der Waals surface area contributed by atoms with Gasteiger partial charge >= 0.3 is 5.69 Å². The molecule has 1 aliphatic rings. The average molecular weight is 437 g/mol. The van der Waals surface area contributed by atoms with E-state index in [9.17, 15) is 14.4 Å². The van der Waals surface area contributed by atoms with E-state index < -0.39 is 17.2 Å². The third kappa shape index (κ3) is 4.17. The summed E-state index contributed by atoms with van der Waals surface area (Å²) in [5, 5.41) is 2.95. The first-order valence-electron chi connectivity index (χ1n) is 11.1. The van der Waals surface area contributed by atoms with Gasteiger partial charge in [0, 0.05) is 12.2 Å². The molecule has 0 spiro atoms. The number of ether oxygens (including phenoxy) is 1. The summed E-state index contributed by atoms with van der Waals surface area (Å²) in [4.78, 5) is 44.6. The van der Waals surface area contributed by atoms with Gasteiger partial charge in [-0.15, -0.1) is 0 Å². The van der Waals surface area contributed by atoms with E-state index in [4.69, 9.17) is 4.74 Å². The second-order valence-corrected chi connectivity index (χ2v) is 8.34. The molecule has 4 rings (SSSR count). The minimum Gasteiger partial charge on any atom is -0.492 e. The van der Waals surface area contributed by atoms with Crippen LogP contribution in [0.1, 0.15) is 60.3 Å². The number of hydrogen-bond donors (Lipinski definition) is 2. The predicted molar refractivity (Wildman–Crippen MR) is 123 cm³/mol. The Kier molecular flexibility index (Phi) is 6.12. The second kappa shape index (κ2) is 8.98. The van der Waals surface area contributed by atoms with Gasteiger partial charge in [0.05, 0.1) is 17.5 Å². The Labute approximate surface area is 185 Å². The molecule has 2 aromatic heterocycles. The molecule has 0 unspecified atom stereocenters. The number of rotatable bonds is 7. The first-order chi connectivity index (χ1) is 15.4. The van der Waals surface area contributed by atoms with Crippen LogP contribution in [0.2, 0.25) is 0 Å². The lowest BCUT2D eigenvalue weighted by Gasteiger charge is -2.14. The highest BCUT2D eigenvalue weighted by Gasteiger charge is 2.20. The van der Waals surface area contributed by atoms with E-state index in [0.29, 0.717) is 18.8 Å². The summed E-state index contributed by atoms with van der Waals surface area (Å²) in [6.07, 6.45) is 3.38. The number of H-pyrrole nitrogens is 1. The molecule has 1 amide bonds. The molecule has 0 atom stereocenters. The number of aromatic nitrogens is 3. The quantitative estimate of drug-likeness (QED) is 0.554. The van der Waals surface area contributed by atoms with Crippen molar-refractivity contribution in [3.05, 3.63) is 67.5 Å². The first-order valence-corrected chi connectivity index (χ1v) is 11.1. The molecule has 0 saturated heterocycles. The first kappa shape index (κ1) is 21.8. The van der Waals surface area contributed by atoms with Crippen molar-refractivity contribution in [1.82, 2.24) is 19.9 Å².